The molecular formula is C21H23F3N4O3. The first kappa shape index (κ1) is 23.7. The molecule has 0 aromatic heterocycles. The van der Waals surface area contributed by atoms with Gasteiger partial charge in [-0.15, -0.1) is 0 Å². The minimum atomic E-state index is -4.61. The van der Waals surface area contributed by atoms with E-state index in [1.807, 2.05) is 30.3 Å². The van der Waals surface area contributed by atoms with Crippen LogP contribution in [0.25, 0.3) is 0 Å². The second-order valence-electron chi connectivity index (χ2n) is 6.81. The number of anilines is 2. The molecule has 2 aromatic carbocycles. The van der Waals surface area contributed by atoms with E-state index in [4.69, 9.17) is 0 Å². The predicted octanol–water partition coefficient (Wildman–Crippen LogP) is 3.83. The van der Waals surface area contributed by atoms with Gasteiger partial charge in [0, 0.05) is 33.5 Å². The van der Waals surface area contributed by atoms with Crippen molar-refractivity contribution in [2.75, 3.05) is 24.2 Å². The monoisotopic (exact) mass is 436 g/mol. The molecule has 0 heterocycles. The lowest BCUT2D eigenvalue weighted by Crippen LogP contribution is -2.38. The molecule has 0 bridgehead atoms. The summed E-state index contributed by atoms with van der Waals surface area (Å²) in [5, 5.41) is 7.30. The predicted molar refractivity (Wildman–Crippen MR) is 110 cm³/mol. The van der Waals surface area contributed by atoms with E-state index in [0.29, 0.717) is 6.54 Å². The molecule has 0 aliphatic heterocycles. The van der Waals surface area contributed by atoms with E-state index in [2.05, 4.69) is 16.0 Å². The van der Waals surface area contributed by atoms with Gasteiger partial charge in [-0.05, 0) is 23.8 Å². The van der Waals surface area contributed by atoms with Gasteiger partial charge in [-0.25, -0.2) is 4.79 Å². The molecule has 0 aliphatic carbocycles. The molecule has 0 aliphatic rings. The largest absolute Gasteiger partial charge is 0.416 e. The smallest absolute Gasteiger partial charge is 0.337 e. The summed E-state index contributed by atoms with van der Waals surface area (Å²) in [6.45, 7) is 1.56. The highest BCUT2D eigenvalue weighted by Gasteiger charge is 2.31. The Morgan fingerprint density at radius 1 is 0.968 bits per heavy atom. The highest BCUT2D eigenvalue weighted by Crippen LogP contribution is 2.34. The van der Waals surface area contributed by atoms with Crippen molar-refractivity contribution in [1.82, 2.24) is 10.2 Å². The van der Waals surface area contributed by atoms with Gasteiger partial charge in [-0.1, -0.05) is 30.3 Å². The third-order valence-electron chi connectivity index (χ3n) is 4.17. The maximum atomic E-state index is 13.0. The average molecular weight is 436 g/mol. The molecule has 10 heteroatoms. The number of alkyl halides is 3. The van der Waals surface area contributed by atoms with Crippen molar-refractivity contribution >= 4 is 29.2 Å². The molecule has 0 saturated heterocycles. The number of hydrogen-bond donors (Lipinski definition) is 3. The molecule has 0 saturated carbocycles. The summed E-state index contributed by atoms with van der Waals surface area (Å²) in [5.74, 6) is -1.11. The molecule has 2 rings (SSSR count). The minimum Gasteiger partial charge on any atom is -0.337 e. The van der Waals surface area contributed by atoms with Crippen LogP contribution in [0.5, 0.6) is 0 Å². The van der Waals surface area contributed by atoms with Crippen molar-refractivity contribution in [3.8, 4) is 0 Å². The van der Waals surface area contributed by atoms with Crippen molar-refractivity contribution in [3.63, 3.8) is 0 Å². The number of nitrogens with one attached hydrogen (secondary N) is 3. The van der Waals surface area contributed by atoms with Crippen LogP contribution in [-0.2, 0) is 22.3 Å². The first-order chi connectivity index (χ1) is 14.6. The number of urea groups is 1. The fraction of sp³-hybridized carbons (Fsp3) is 0.286. The number of carbonyl (C=O) groups is 3. The fourth-order valence-corrected chi connectivity index (χ4v) is 2.68. The van der Waals surface area contributed by atoms with Gasteiger partial charge in [0.2, 0.25) is 11.8 Å². The van der Waals surface area contributed by atoms with Crippen LogP contribution >= 0.6 is 0 Å². The van der Waals surface area contributed by atoms with E-state index in [1.54, 1.807) is 7.05 Å². The Balaban J connectivity index is 1.92. The maximum absolute atomic E-state index is 13.0. The van der Waals surface area contributed by atoms with Gasteiger partial charge in [0.15, 0.2) is 0 Å². The van der Waals surface area contributed by atoms with Crippen molar-refractivity contribution in [2.45, 2.75) is 26.1 Å². The maximum Gasteiger partial charge on any atom is 0.416 e. The van der Waals surface area contributed by atoms with Crippen LogP contribution in [0, 0.1) is 0 Å². The van der Waals surface area contributed by atoms with Gasteiger partial charge in [-0.2, -0.15) is 13.2 Å². The Labute approximate surface area is 177 Å². The van der Waals surface area contributed by atoms with Crippen molar-refractivity contribution in [2.24, 2.45) is 0 Å². The lowest BCUT2D eigenvalue weighted by Gasteiger charge is -2.18. The third kappa shape index (κ3) is 7.65. The molecule has 4 amide bonds. The molecule has 31 heavy (non-hydrogen) atoms. The van der Waals surface area contributed by atoms with E-state index >= 15 is 0 Å². The number of amides is 4. The van der Waals surface area contributed by atoms with Gasteiger partial charge in [-0.3, -0.25) is 9.59 Å². The number of hydrogen-bond acceptors (Lipinski definition) is 3. The Morgan fingerprint density at radius 2 is 1.65 bits per heavy atom. The zero-order valence-corrected chi connectivity index (χ0v) is 17.0. The Kier molecular flexibility index (Phi) is 8.00. The molecule has 0 radical (unpaired) electrons. The molecule has 2 aromatic rings. The standard InChI is InChI=1S/C21H23F3N4O3/c1-14(29)26-17-9-8-16(21(22,23)24)12-18(17)27-19(30)10-11-25-20(31)28(2)13-15-6-4-3-5-7-15/h3-9,12H,10-11,13H2,1-2H3,(H,25,31)(H,26,29)(H,27,30). The summed E-state index contributed by atoms with van der Waals surface area (Å²) < 4.78 is 38.9. The number of rotatable bonds is 7. The van der Waals surface area contributed by atoms with Crippen molar-refractivity contribution in [1.29, 1.82) is 0 Å². The van der Waals surface area contributed by atoms with Gasteiger partial charge in [0.25, 0.3) is 0 Å². The van der Waals surface area contributed by atoms with E-state index in [-0.39, 0.29) is 24.3 Å². The first-order valence-electron chi connectivity index (χ1n) is 9.38. The van der Waals surface area contributed by atoms with Gasteiger partial charge >= 0.3 is 12.2 Å². The number of nitrogens with zero attached hydrogens (tertiary/aromatic N) is 1. The highest BCUT2D eigenvalue weighted by molar-refractivity contribution is 5.99. The Bertz CT molecular complexity index is 933. The lowest BCUT2D eigenvalue weighted by atomic mass is 10.1. The summed E-state index contributed by atoms with van der Waals surface area (Å²) >= 11 is 0. The van der Waals surface area contributed by atoms with Crippen LogP contribution in [0.3, 0.4) is 0 Å². The van der Waals surface area contributed by atoms with Crippen molar-refractivity contribution < 1.29 is 27.6 Å². The first-order valence-corrected chi connectivity index (χ1v) is 9.38. The molecular weight excluding hydrogens is 413 g/mol. The zero-order valence-electron chi connectivity index (χ0n) is 17.0. The van der Waals surface area contributed by atoms with Gasteiger partial charge in [0.05, 0.1) is 16.9 Å². The van der Waals surface area contributed by atoms with Crippen LogP contribution < -0.4 is 16.0 Å². The van der Waals surface area contributed by atoms with Gasteiger partial charge < -0.3 is 20.9 Å². The van der Waals surface area contributed by atoms with Crippen LogP contribution in [0.4, 0.5) is 29.3 Å². The van der Waals surface area contributed by atoms with E-state index in [9.17, 15) is 27.6 Å². The highest BCUT2D eigenvalue weighted by atomic mass is 19.4. The van der Waals surface area contributed by atoms with Gasteiger partial charge in [0.1, 0.15) is 0 Å². The van der Waals surface area contributed by atoms with E-state index in [1.165, 1.54) is 11.8 Å². The summed E-state index contributed by atoms with van der Waals surface area (Å²) in [6.07, 6.45) is -4.77. The molecule has 0 spiro atoms. The Morgan fingerprint density at radius 3 is 2.26 bits per heavy atom. The number of halogens is 3. The Hall–Kier alpha value is -3.56. The normalized spacial score (nSPS) is 10.9. The molecule has 166 valence electrons. The summed E-state index contributed by atoms with van der Waals surface area (Å²) in [4.78, 5) is 37.0. The SMILES string of the molecule is CC(=O)Nc1ccc(C(F)(F)F)cc1NC(=O)CCNC(=O)N(C)Cc1ccccc1. The lowest BCUT2D eigenvalue weighted by molar-refractivity contribution is -0.137. The molecule has 7 nitrogen and oxygen atoms in total. The van der Waals surface area contributed by atoms with Crippen LogP contribution in [0.2, 0.25) is 0 Å². The van der Waals surface area contributed by atoms with Crippen LogP contribution in [0.15, 0.2) is 48.5 Å². The molecule has 0 unspecified atom stereocenters. The zero-order chi connectivity index (χ0) is 23.0. The van der Waals surface area contributed by atoms with Crippen molar-refractivity contribution in [3.05, 3.63) is 59.7 Å². The minimum absolute atomic E-state index is 0.0156. The second kappa shape index (κ2) is 10.5. The van der Waals surface area contributed by atoms with E-state index in [0.717, 1.165) is 23.8 Å². The fourth-order valence-electron chi connectivity index (χ4n) is 2.68. The topological polar surface area (TPSA) is 90.5 Å². The summed E-state index contributed by atoms with van der Waals surface area (Å²) in [7, 11) is 1.60. The van der Waals surface area contributed by atoms with Crippen LogP contribution in [-0.4, -0.2) is 36.3 Å². The van der Waals surface area contributed by atoms with E-state index < -0.39 is 29.6 Å². The van der Waals surface area contributed by atoms with Crippen LogP contribution in [0.1, 0.15) is 24.5 Å². The number of benzene rings is 2. The number of carbonyl (C=O) groups excluding carboxylic acids is 3. The summed E-state index contributed by atoms with van der Waals surface area (Å²) in [6, 6.07) is 11.6. The quantitative estimate of drug-likeness (QED) is 0.616. The second-order valence-corrected chi connectivity index (χ2v) is 6.81. The molecule has 0 fully saturated rings. The third-order valence-corrected chi connectivity index (χ3v) is 4.17. The molecule has 3 N–H and O–H groups in total. The average Bonchev–Trinajstić information content (AvgIpc) is 2.68. The summed E-state index contributed by atoms with van der Waals surface area (Å²) in [5.41, 5.74) is -0.163. The molecule has 0 atom stereocenters.